The number of benzene rings is 1. The fraction of sp³-hybridized carbons (Fsp3) is 0.562. The van der Waals surface area contributed by atoms with E-state index in [4.69, 9.17) is 4.98 Å². The maximum atomic E-state index is 4.88. The quantitative estimate of drug-likeness (QED) is 0.914. The average Bonchev–Trinajstić information content (AvgIpc) is 3.24. The maximum Gasteiger partial charge on any atom is 0.113 e. The second kappa shape index (κ2) is 4.64. The Morgan fingerprint density at radius 3 is 2.89 bits per heavy atom. The van der Waals surface area contributed by atoms with E-state index >= 15 is 0 Å². The summed E-state index contributed by atoms with van der Waals surface area (Å²) in [6.07, 6.45) is 5.32. The van der Waals surface area contributed by atoms with E-state index in [2.05, 4.69) is 34.1 Å². The highest BCUT2D eigenvalue weighted by Crippen LogP contribution is 2.41. The third-order valence-electron chi connectivity index (χ3n) is 4.47. The largest absolute Gasteiger partial charge is 0.327 e. The number of piperidine rings is 1. The maximum absolute atomic E-state index is 4.88. The van der Waals surface area contributed by atoms with Crippen molar-refractivity contribution in [3.05, 3.63) is 30.1 Å². The highest BCUT2D eigenvalue weighted by atomic mass is 15.1. The van der Waals surface area contributed by atoms with Gasteiger partial charge >= 0.3 is 0 Å². The molecule has 2 aliphatic rings. The van der Waals surface area contributed by atoms with E-state index in [-0.39, 0.29) is 0 Å². The first-order chi connectivity index (χ1) is 9.42. The molecule has 1 aromatic carbocycles. The molecular weight excluding hydrogens is 234 g/mol. The number of rotatable bonds is 3. The Kier molecular flexibility index (Phi) is 2.80. The molecule has 1 aliphatic carbocycles. The third-order valence-corrected chi connectivity index (χ3v) is 4.47. The molecule has 0 unspecified atom stereocenters. The Morgan fingerprint density at radius 1 is 1.21 bits per heavy atom. The molecule has 19 heavy (non-hydrogen) atoms. The van der Waals surface area contributed by atoms with Gasteiger partial charge in [-0.1, -0.05) is 12.1 Å². The molecule has 1 aliphatic heterocycles. The van der Waals surface area contributed by atoms with Gasteiger partial charge in [0.15, 0.2) is 0 Å². The number of imidazole rings is 1. The molecule has 100 valence electrons. The Labute approximate surface area is 114 Å². The SMILES string of the molecule is c1ccc2c(c1)nc(C1CC1)n2C[C@H]1CCCNC1. The normalized spacial score (nSPS) is 23.9. The van der Waals surface area contributed by atoms with Crippen molar-refractivity contribution in [3.8, 4) is 0 Å². The minimum absolute atomic E-state index is 0.726. The number of fused-ring (bicyclic) bond motifs is 1. The van der Waals surface area contributed by atoms with E-state index < -0.39 is 0 Å². The zero-order chi connectivity index (χ0) is 12.7. The van der Waals surface area contributed by atoms with Gasteiger partial charge in [-0.25, -0.2) is 4.98 Å². The van der Waals surface area contributed by atoms with Crippen molar-refractivity contribution in [2.75, 3.05) is 13.1 Å². The summed E-state index contributed by atoms with van der Waals surface area (Å²) in [6.45, 7) is 3.49. The summed E-state index contributed by atoms with van der Waals surface area (Å²) in [4.78, 5) is 4.88. The summed E-state index contributed by atoms with van der Waals surface area (Å²) in [5.74, 6) is 2.83. The summed E-state index contributed by atoms with van der Waals surface area (Å²) >= 11 is 0. The molecule has 3 heteroatoms. The van der Waals surface area contributed by atoms with Crippen molar-refractivity contribution in [1.29, 1.82) is 0 Å². The molecular formula is C16H21N3. The second-order valence-corrected chi connectivity index (χ2v) is 6.06. The van der Waals surface area contributed by atoms with Gasteiger partial charge in [-0.15, -0.1) is 0 Å². The van der Waals surface area contributed by atoms with Crippen LogP contribution in [0.2, 0.25) is 0 Å². The van der Waals surface area contributed by atoms with Crippen LogP contribution in [-0.2, 0) is 6.54 Å². The number of nitrogens with one attached hydrogen (secondary N) is 1. The number of nitrogens with zero attached hydrogens (tertiary/aromatic N) is 2. The summed E-state index contributed by atoms with van der Waals surface area (Å²) in [6, 6.07) is 8.61. The molecule has 4 rings (SSSR count). The van der Waals surface area contributed by atoms with Crippen LogP contribution in [0.15, 0.2) is 24.3 Å². The van der Waals surface area contributed by atoms with Crippen molar-refractivity contribution < 1.29 is 0 Å². The number of aromatic nitrogens is 2. The molecule has 3 nitrogen and oxygen atoms in total. The second-order valence-electron chi connectivity index (χ2n) is 6.06. The van der Waals surface area contributed by atoms with Crippen molar-refractivity contribution >= 4 is 11.0 Å². The van der Waals surface area contributed by atoms with Gasteiger partial charge in [0.05, 0.1) is 11.0 Å². The van der Waals surface area contributed by atoms with Crippen LogP contribution in [0.1, 0.15) is 37.4 Å². The Morgan fingerprint density at radius 2 is 2.11 bits per heavy atom. The Hall–Kier alpha value is -1.35. The van der Waals surface area contributed by atoms with Crippen molar-refractivity contribution in [3.63, 3.8) is 0 Å². The highest BCUT2D eigenvalue weighted by Gasteiger charge is 2.30. The molecule has 1 N–H and O–H groups in total. The van der Waals surface area contributed by atoms with Crippen molar-refractivity contribution in [2.45, 2.75) is 38.1 Å². The summed E-state index contributed by atoms with van der Waals surface area (Å²) in [5, 5.41) is 3.53. The van der Waals surface area contributed by atoms with Gasteiger partial charge in [0, 0.05) is 12.5 Å². The highest BCUT2D eigenvalue weighted by molar-refractivity contribution is 5.76. The minimum atomic E-state index is 0.726. The predicted octanol–water partition coefficient (Wildman–Crippen LogP) is 2.91. The van der Waals surface area contributed by atoms with Gasteiger partial charge in [0.1, 0.15) is 5.82 Å². The average molecular weight is 255 g/mol. The lowest BCUT2D eigenvalue weighted by Gasteiger charge is -2.24. The molecule has 0 spiro atoms. The van der Waals surface area contributed by atoms with Crippen LogP contribution >= 0.6 is 0 Å². The van der Waals surface area contributed by atoms with Crippen LogP contribution in [0.4, 0.5) is 0 Å². The van der Waals surface area contributed by atoms with Crippen molar-refractivity contribution in [1.82, 2.24) is 14.9 Å². The topological polar surface area (TPSA) is 29.9 Å². The molecule has 1 saturated heterocycles. The number of para-hydroxylation sites is 2. The third kappa shape index (κ3) is 2.16. The molecule has 2 fully saturated rings. The molecule has 1 saturated carbocycles. The van der Waals surface area contributed by atoms with Gasteiger partial charge in [-0.3, -0.25) is 0 Å². The molecule has 1 atom stereocenters. The first-order valence-corrected chi connectivity index (χ1v) is 7.58. The van der Waals surface area contributed by atoms with Crippen LogP contribution in [0, 0.1) is 5.92 Å². The molecule has 0 radical (unpaired) electrons. The predicted molar refractivity (Wildman–Crippen MR) is 77.3 cm³/mol. The van der Waals surface area contributed by atoms with Gasteiger partial charge in [-0.05, 0) is 56.8 Å². The zero-order valence-electron chi connectivity index (χ0n) is 11.3. The minimum Gasteiger partial charge on any atom is -0.327 e. The lowest BCUT2D eigenvalue weighted by molar-refractivity contribution is 0.337. The number of hydrogen-bond acceptors (Lipinski definition) is 2. The smallest absolute Gasteiger partial charge is 0.113 e. The van der Waals surface area contributed by atoms with E-state index in [9.17, 15) is 0 Å². The van der Waals surface area contributed by atoms with Crippen LogP contribution in [0.25, 0.3) is 11.0 Å². The van der Waals surface area contributed by atoms with E-state index in [1.807, 2.05) is 0 Å². The Balaban J connectivity index is 1.71. The van der Waals surface area contributed by atoms with E-state index in [0.717, 1.165) is 24.9 Å². The fourth-order valence-electron chi connectivity index (χ4n) is 3.28. The zero-order valence-corrected chi connectivity index (χ0v) is 11.3. The standard InChI is InChI=1S/C16H21N3/c1-2-6-15-14(5-1)18-16(13-7-8-13)19(15)11-12-4-3-9-17-10-12/h1-2,5-6,12-13,17H,3-4,7-11H2/t12-/m0/s1. The summed E-state index contributed by atoms with van der Waals surface area (Å²) in [7, 11) is 0. The van der Waals surface area contributed by atoms with Crippen LogP contribution in [-0.4, -0.2) is 22.6 Å². The van der Waals surface area contributed by atoms with Crippen LogP contribution in [0.3, 0.4) is 0 Å². The van der Waals surface area contributed by atoms with Crippen LogP contribution in [0.5, 0.6) is 0 Å². The van der Waals surface area contributed by atoms with Gasteiger partial charge in [0.25, 0.3) is 0 Å². The first kappa shape index (κ1) is 11.5. The van der Waals surface area contributed by atoms with E-state index in [1.165, 1.54) is 49.1 Å². The monoisotopic (exact) mass is 255 g/mol. The summed E-state index contributed by atoms with van der Waals surface area (Å²) < 4.78 is 2.50. The lowest BCUT2D eigenvalue weighted by Crippen LogP contribution is -2.32. The molecule has 0 bridgehead atoms. The lowest BCUT2D eigenvalue weighted by atomic mass is 9.99. The Bertz CT molecular complexity index is 577. The molecule has 2 aromatic rings. The summed E-state index contributed by atoms with van der Waals surface area (Å²) in [5.41, 5.74) is 2.50. The fourth-order valence-corrected chi connectivity index (χ4v) is 3.28. The molecule has 2 heterocycles. The van der Waals surface area contributed by atoms with Gasteiger partial charge in [0.2, 0.25) is 0 Å². The van der Waals surface area contributed by atoms with E-state index in [0.29, 0.717) is 0 Å². The van der Waals surface area contributed by atoms with E-state index in [1.54, 1.807) is 0 Å². The van der Waals surface area contributed by atoms with Gasteiger partial charge < -0.3 is 9.88 Å². The number of hydrogen-bond donors (Lipinski definition) is 1. The molecule has 0 amide bonds. The van der Waals surface area contributed by atoms with Crippen LogP contribution < -0.4 is 5.32 Å². The first-order valence-electron chi connectivity index (χ1n) is 7.58. The van der Waals surface area contributed by atoms with Gasteiger partial charge in [-0.2, -0.15) is 0 Å². The van der Waals surface area contributed by atoms with Crippen molar-refractivity contribution in [2.24, 2.45) is 5.92 Å². The molecule has 1 aromatic heterocycles.